The number of pyridine rings is 1. The van der Waals surface area contributed by atoms with Crippen molar-refractivity contribution in [3.63, 3.8) is 0 Å². The Morgan fingerprint density at radius 3 is 2.45 bits per heavy atom. The van der Waals surface area contributed by atoms with E-state index < -0.39 is 11.6 Å². The molecule has 0 radical (unpaired) electrons. The smallest absolute Gasteiger partial charge is 0.227 e. The van der Waals surface area contributed by atoms with E-state index in [4.69, 9.17) is 9.47 Å². The maximum absolute atomic E-state index is 14.6. The molecule has 2 aromatic heterocycles. The molecule has 0 atom stereocenters. The first-order valence-corrected chi connectivity index (χ1v) is 11.0. The number of nitrogens with zero attached hydrogens (tertiary/aromatic N) is 3. The van der Waals surface area contributed by atoms with Gasteiger partial charge in [0.1, 0.15) is 12.4 Å². The van der Waals surface area contributed by atoms with Gasteiger partial charge in [0.15, 0.2) is 17.3 Å². The molecule has 0 saturated carbocycles. The van der Waals surface area contributed by atoms with Crippen LogP contribution in [0.15, 0.2) is 36.8 Å². The van der Waals surface area contributed by atoms with Crippen LogP contribution in [0.25, 0.3) is 0 Å². The molecule has 4 rings (SSSR count). The molecule has 33 heavy (non-hydrogen) atoms. The molecule has 0 aliphatic carbocycles. The number of ether oxygens (including phenoxy) is 2. The zero-order valence-corrected chi connectivity index (χ0v) is 18.7. The zero-order chi connectivity index (χ0) is 23.2. The summed E-state index contributed by atoms with van der Waals surface area (Å²) in [5, 5.41) is 6.45. The third-order valence-corrected chi connectivity index (χ3v) is 5.75. The molecule has 3 heterocycles. The first kappa shape index (κ1) is 22.8. The molecule has 7 nitrogen and oxygen atoms in total. The first-order chi connectivity index (χ1) is 16.1. The fraction of sp³-hybridized carbons (Fsp3) is 0.375. The van der Waals surface area contributed by atoms with E-state index in [1.54, 1.807) is 13.1 Å². The summed E-state index contributed by atoms with van der Waals surface area (Å²) in [6, 6.07) is 5.35. The van der Waals surface area contributed by atoms with Gasteiger partial charge in [-0.3, -0.25) is 4.98 Å². The summed E-state index contributed by atoms with van der Waals surface area (Å²) in [7, 11) is 1.34. The lowest BCUT2D eigenvalue weighted by Gasteiger charge is -2.22. The van der Waals surface area contributed by atoms with E-state index in [0.717, 1.165) is 37.3 Å². The average molecular weight is 456 g/mol. The molecular weight excluding hydrogens is 428 g/mol. The lowest BCUT2D eigenvalue weighted by molar-refractivity contribution is 0.285. The highest BCUT2D eigenvalue weighted by Gasteiger charge is 2.19. The van der Waals surface area contributed by atoms with Gasteiger partial charge in [-0.1, -0.05) is 6.92 Å². The number of piperidine rings is 1. The summed E-state index contributed by atoms with van der Waals surface area (Å²) < 4.78 is 39.6. The fourth-order valence-corrected chi connectivity index (χ4v) is 3.83. The van der Waals surface area contributed by atoms with Crippen molar-refractivity contribution in [2.45, 2.75) is 38.7 Å². The summed E-state index contributed by atoms with van der Waals surface area (Å²) in [6.45, 7) is 3.52. The largest absolute Gasteiger partial charge is 0.494 e. The first-order valence-electron chi connectivity index (χ1n) is 11.0. The monoisotopic (exact) mass is 455 g/mol. The van der Waals surface area contributed by atoms with E-state index in [9.17, 15) is 8.78 Å². The molecule has 1 aliphatic rings. The predicted molar refractivity (Wildman–Crippen MR) is 121 cm³/mol. The number of hydrogen-bond donors (Lipinski definition) is 2. The van der Waals surface area contributed by atoms with Gasteiger partial charge in [0, 0.05) is 11.6 Å². The number of rotatable bonds is 8. The van der Waals surface area contributed by atoms with Crippen LogP contribution in [0.3, 0.4) is 0 Å². The molecule has 2 N–H and O–H groups in total. The Balaban J connectivity index is 1.38. The number of methoxy groups -OCH3 is 1. The van der Waals surface area contributed by atoms with Crippen LogP contribution in [-0.2, 0) is 13.0 Å². The van der Waals surface area contributed by atoms with Crippen LogP contribution >= 0.6 is 0 Å². The minimum atomic E-state index is -0.771. The second-order valence-corrected chi connectivity index (χ2v) is 7.85. The van der Waals surface area contributed by atoms with Crippen molar-refractivity contribution in [1.29, 1.82) is 0 Å². The number of nitrogens with one attached hydrogen (secondary N) is 2. The van der Waals surface area contributed by atoms with Gasteiger partial charge in [0.25, 0.3) is 0 Å². The fourth-order valence-electron chi connectivity index (χ4n) is 3.83. The van der Waals surface area contributed by atoms with E-state index in [1.807, 2.05) is 12.1 Å². The van der Waals surface area contributed by atoms with Gasteiger partial charge in [-0.2, -0.15) is 0 Å². The van der Waals surface area contributed by atoms with Crippen molar-refractivity contribution in [3.05, 3.63) is 65.2 Å². The van der Waals surface area contributed by atoms with Crippen molar-refractivity contribution < 1.29 is 18.3 Å². The zero-order valence-electron chi connectivity index (χ0n) is 18.7. The van der Waals surface area contributed by atoms with E-state index >= 15 is 0 Å². The quantitative estimate of drug-likeness (QED) is 0.517. The van der Waals surface area contributed by atoms with Gasteiger partial charge in [-0.05, 0) is 56.1 Å². The summed E-state index contributed by atoms with van der Waals surface area (Å²) in [5.74, 6) is -0.268. The second kappa shape index (κ2) is 10.5. The summed E-state index contributed by atoms with van der Waals surface area (Å²) in [5.41, 5.74) is 2.04. The number of halogens is 2. The van der Waals surface area contributed by atoms with E-state index in [1.165, 1.54) is 25.6 Å². The second-order valence-electron chi connectivity index (χ2n) is 7.85. The number of aromatic nitrogens is 3. The standard InChI is InChI=1S/C24H27F2N5O2/c1-3-15-10-21(32-2)23(26)19(22(15)25)14-33-18-12-29-24(30-13-18)31-17-4-5-20(28-11-17)16-6-8-27-9-7-16/h4-5,10-13,16,27H,3,6-9,14H2,1-2H3,(H,29,30,31). The Labute approximate surface area is 191 Å². The molecule has 1 saturated heterocycles. The van der Waals surface area contributed by atoms with Crippen LogP contribution in [0.1, 0.15) is 42.5 Å². The SMILES string of the molecule is CCc1cc(OC)c(F)c(COc2cnc(Nc3ccc(C4CCNCC4)nc3)nc2)c1F. The van der Waals surface area contributed by atoms with E-state index in [0.29, 0.717) is 29.6 Å². The van der Waals surface area contributed by atoms with Crippen LogP contribution in [0, 0.1) is 11.6 Å². The topological polar surface area (TPSA) is 81.2 Å². The Bertz CT molecular complexity index is 1040. The Hall–Kier alpha value is -3.33. The average Bonchev–Trinajstić information content (AvgIpc) is 2.86. The minimum Gasteiger partial charge on any atom is -0.494 e. The lowest BCUT2D eigenvalue weighted by Crippen LogP contribution is -2.27. The predicted octanol–water partition coefficient (Wildman–Crippen LogP) is 4.51. The molecule has 9 heteroatoms. The molecular formula is C24H27F2N5O2. The number of aryl methyl sites for hydroxylation is 1. The molecule has 0 amide bonds. The number of anilines is 2. The number of benzene rings is 1. The van der Waals surface area contributed by atoms with Gasteiger partial charge in [0.05, 0.1) is 37.0 Å². The minimum absolute atomic E-state index is 0.0116. The Kier molecular flexibility index (Phi) is 7.29. The van der Waals surface area contributed by atoms with Crippen molar-refractivity contribution >= 4 is 11.6 Å². The van der Waals surface area contributed by atoms with E-state index in [-0.39, 0.29) is 17.9 Å². The normalized spacial score (nSPS) is 14.2. The maximum atomic E-state index is 14.6. The van der Waals surface area contributed by atoms with Gasteiger partial charge in [-0.25, -0.2) is 18.7 Å². The molecule has 1 aliphatic heterocycles. The highest BCUT2D eigenvalue weighted by Crippen LogP contribution is 2.28. The van der Waals surface area contributed by atoms with Gasteiger partial charge in [0.2, 0.25) is 5.95 Å². The van der Waals surface area contributed by atoms with Crippen molar-refractivity contribution in [1.82, 2.24) is 20.3 Å². The van der Waals surface area contributed by atoms with Crippen molar-refractivity contribution in [2.24, 2.45) is 0 Å². The molecule has 174 valence electrons. The molecule has 3 aromatic rings. The molecule has 0 unspecified atom stereocenters. The van der Waals surface area contributed by atoms with Crippen LogP contribution in [-0.4, -0.2) is 35.2 Å². The van der Waals surface area contributed by atoms with Crippen LogP contribution in [0.2, 0.25) is 0 Å². The number of hydrogen-bond acceptors (Lipinski definition) is 7. The third-order valence-electron chi connectivity index (χ3n) is 5.75. The molecule has 1 aromatic carbocycles. The van der Waals surface area contributed by atoms with Gasteiger partial charge >= 0.3 is 0 Å². The summed E-state index contributed by atoms with van der Waals surface area (Å²) in [6.07, 6.45) is 7.25. The Morgan fingerprint density at radius 2 is 1.82 bits per heavy atom. The highest BCUT2D eigenvalue weighted by atomic mass is 19.1. The summed E-state index contributed by atoms with van der Waals surface area (Å²) in [4.78, 5) is 13.0. The van der Waals surface area contributed by atoms with Crippen LogP contribution in [0.5, 0.6) is 11.5 Å². The van der Waals surface area contributed by atoms with Gasteiger partial charge in [-0.15, -0.1) is 0 Å². The van der Waals surface area contributed by atoms with Gasteiger partial charge < -0.3 is 20.1 Å². The molecule has 0 bridgehead atoms. The van der Waals surface area contributed by atoms with Crippen molar-refractivity contribution in [3.8, 4) is 11.5 Å². The van der Waals surface area contributed by atoms with Crippen LogP contribution < -0.4 is 20.1 Å². The maximum Gasteiger partial charge on any atom is 0.227 e. The molecule has 0 spiro atoms. The summed E-state index contributed by atoms with van der Waals surface area (Å²) >= 11 is 0. The highest BCUT2D eigenvalue weighted by molar-refractivity contribution is 5.51. The molecule has 1 fully saturated rings. The lowest BCUT2D eigenvalue weighted by atomic mass is 9.94. The van der Waals surface area contributed by atoms with Crippen molar-refractivity contribution in [2.75, 3.05) is 25.5 Å². The van der Waals surface area contributed by atoms with E-state index in [2.05, 4.69) is 25.6 Å². The third kappa shape index (κ3) is 5.36. The van der Waals surface area contributed by atoms with Crippen LogP contribution in [0.4, 0.5) is 20.4 Å². The Morgan fingerprint density at radius 1 is 1.06 bits per heavy atom.